The van der Waals surface area contributed by atoms with Crippen molar-refractivity contribution in [1.29, 1.82) is 10.5 Å². The van der Waals surface area contributed by atoms with Gasteiger partial charge in [0, 0.05) is 10.5 Å². The molecule has 0 saturated carbocycles. The largest absolute Gasteiger partial charge is 0.497 e. The number of anilines is 2. The third kappa shape index (κ3) is 2.90. The molecule has 2 aromatic rings. The summed E-state index contributed by atoms with van der Waals surface area (Å²) in [5.41, 5.74) is 2.22. The van der Waals surface area contributed by atoms with E-state index in [-0.39, 0.29) is 0 Å². The molecule has 0 fully saturated rings. The Morgan fingerprint density at radius 2 is 1.75 bits per heavy atom. The van der Waals surface area contributed by atoms with Crippen LogP contribution in [0.25, 0.3) is 0 Å². The van der Waals surface area contributed by atoms with Crippen LogP contribution in [0.15, 0.2) is 40.9 Å². The van der Waals surface area contributed by atoms with E-state index >= 15 is 0 Å². The van der Waals surface area contributed by atoms with Crippen molar-refractivity contribution in [2.45, 2.75) is 0 Å². The van der Waals surface area contributed by atoms with Gasteiger partial charge >= 0.3 is 0 Å². The Hall–Kier alpha value is -2.50. The predicted molar refractivity (Wildman–Crippen MR) is 79.8 cm³/mol. The molecule has 4 nitrogen and oxygen atoms in total. The molecular weight excluding hydrogens is 318 g/mol. The first-order valence-electron chi connectivity index (χ1n) is 5.72. The Labute approximate surface area is 125 Å². The highest BCUT2D eigenvalue weighted by Gasteiger charge is 2.08. The maximum absolute atomic E-state index is 9.15. The van der Waals surface area contributed by atoms with Gasteiger partial charge in [0.2, 0.25) is 0 Å². The van der Waals surface area contributed by atoms with Crippen LogP contribution in [0.1, 0.15) is 11.1 Å². The van der Waals surface area contributed by atoms with Crippen molar-refractivity contribution in [2.75, 3.05) is 12.4 Å². The summed E-state index contributed by atoms with van der Waals surface area (Å²) >= 11 is 3.32. The number of hydrogen-bond acceptors (Lipinski definition) is 4. The zero-order valence-electron chi connectivity index (χ0n) is 10.6. The Kier molecular flexibility index (Phi) is 4.24. The summed E-state index contributed by atoms with van der Waals surface area (Å²) in [5.74, 6) is 0.641. The van der Waals surface area contributed by atoms with Gasteiger partial charge in [-0.1, -0.05) is 15.9 Å². The quantitative estimate of drug-likeness (QED) is 0.926. The first-order chi connectivity index (χ1) is 9.67. The summed E-state index contributed by atoms with van der Waals surface area (Å²) in [6.07, 6.45) is 0. The lowest BCUT2D eigenvalue weighted by atomic mass is 10.1. The van der Waals surface area contributed by atoms with Crippen molar-refractivity contribution in [3.05, 3.63) is 52.0 Å². The Morgan fingerprint density at radius 1 is 1.00 bits per heavy atom. The highest BCUT2D eigenvalue weighted by Crippen LogP contribution is 2.28. The van der Waals surface area contributed by atoms with Crippen LogP contribution in [0, 0.1) is 22.7 Å². The van der Waals surface area contributed by atoms with Gasteiger partial charge in [-0.2, -0.15) is 10.5 Å². The smallest absolute Gasteiger partial charge is 0.121 e. The van der Waals surface area contributed by atoms with Crippen LogP contribution in [-0.2, 0) is 0 Å². The van der Waals surface area contributed by atoms with Crippen LogP contribution in [0.2, 0.25) is 0 Å². The average molecular weight is 328 g/mol. The molecule has 0 unspecified atom stereocenters. The molecule has 0 spiro atoms. The number of nitriles is 2. The number of methoxy groups -OCH3 is 1. The summed E-state index contributed by atoms with van der Waals surface area (Å²) in [6, 6.07) is 14.7. The second-order valence-corrected chi connectivity index (χ2v) is 4.87. The molecule has 0 aromatic heterocycles. The molecule has 98 valence electrons. The number of rotatable bonds is 3. The number of nitrogens with zero attached hydrogens (tertiary/aromatic N) is 2. The summed E-state index contributed by atoms with van der Waals surface area (Å²) in [5, 5.41) is 21.4. The third-order valence-corrected chi connectivity index (χ3v) is 3.21. The molecule has 0 atom stereocenters. The molecule has 0 radical (unpaired) electrons. The van der Waals surface area contributed by atoms with E-state index in [0.717, 1.165) is 4.47 Å². The molecule has 0 heterocycles. The molecule has 0 bridgehead atoms. The van der Waals surface area contributed by atoms with E-state index in [9.17, 15) is 0 Å². The fourth-order valence-corrected chi connectivity index (χ4v) is 2.08. The number of halogens is 1. The van der Waals surface area contributed by atoms with Gasteiger partial charge in [-0.15, -0.1) is 0 Å². The van der Waals surface area contributed by atoms with E-state index in [1.165, 1.54) is 0 Å². The van der Waals surface area contributed by atoms with Gasteiger partial charge in [-0.05, 0) is 30.3 Å². The first-order valence-corrected chi connectivity index (χ1v) is 6.52. The highest BCUT2D eigenvalue weighted by molar-refractivity contribution is 9.10. The van der Waals surface area contributed by atoms with E-state index in [1.807, 2.05) is 6.07 Å². The minimum Gasteiger partial charge on any atom is -0.497 e. The Balaban J connectivity index is 2.45. The van der Waals surface area contributed by atoms with Crippen molar-refractivity contribution < 1.29 is 4.74 Å². The molecule has 20 heavy (non-hydrogen) atoms. The minimum absolute atomic E-state index is 0.484. The first kappa shape index (κ1) is 13.9. The molecule has 0 saturated heterocycles. The molecule has 2 aromatic carbocycles. The molecule has 2 rings (SSSR count). The third-order valence-electron chi connectivity index (χ3n) is 2.72. The summed E-state index contributed by atoms with van der Waals surface area (Å²) < 4.78 is 5.97. The van der Waals surface area contributed by atoms with Crippen molar-refractivity contribution >= 4 is 27.3 Å². The predicted octanol–water partition coefficient (Wildman–Crippen LogP) is 3.94. The second kappa shape index (κ2) is 6.10. The molecule has 0 aliphatic rings. The van der Waals surface area contributed by atoms with Gasteiger partial charge in [0.05, 0.1) is 29.6 Å². The van der Waals surface area contributed by atoms with Crippen molar-refractivity contribution in [3.63, 3.8) is 0 Å². The van der Waals surface area contributed by atoms with Crippen LogP contribution >= 0.6 is 15.9 Å². The standard InChI is InChI=1S/C15H10BrN3O/c1-20-13-4-2-10(8-17)15(7-13)19-14-5-3-12(16)6-11(14)9-18/h2-7,19H,1H3. The normalized spacial score (nSPS) is 9.40. The lowest BCUT2D eigenvalue weighted by Crippen LogP contribution is -1.97. The van der Waals surface area contributed by atoms with Gasteiger partial charge in [0.15, 0.2) is 0 Å². The van der Waals surface area contributed by atoms with Gasteiger partial charge in [0.25, 0.3) is 0 Å². The van der Waals surface area contributed by atoms with Crippen molar-refractivity contribution in [3.8, 4) is 17.9 Å². The molecule has 1 N–H and O–H groups in total. The zero-order valence-corrected chi connectivity index (χ0v) is 12.2. The van der Waals surface area contributed by atoms with Crippen molar-refractivity contribution in [2.24, 2.45) is 0 Å². The van der Waals surface area contributed by atoms with Crippen molar-refractivity contribution in [1.82, 2.24) is 0 Å². The van der Waals surface area contributed by atoms with Gasteiger partial charge in [-0.3, -0.25) is 0 Å². The number of benzene rings is 2. The summed E-state index contributed by atoms with van der Waals surface area (Å²) in [6.45, 7) is 0. The Morgan fingerprint density at radius 3 is 2.40 bits per heavy atom. The van der Waals surface area contributed by atoms with Gasteiger partial charge in [0.1, 0.15) is 17.9 Å². The van der Waals surface area contributed by atoms with E-state index in [1.54, 1.807) is 37.4 Å². The van der Waals surface area contributed by atoms with Crippen LogP contribution in [0.4, 0.5) is 11.4 Å². The fourth-order valence-electron chi connectivity index (χ4n) is 1.71. The van der Waals surface area contributed by atoms with Crippen LogP contribution in [-0.4, -0.2) is 7.11 Å². The second-order valence-electron chi connectivity index (χ2n) is 3.95. The monoisotopic (exact) mass is 327 g/mol. The lowest BCUT2D eigenvalue weighted by Gasteiger charge is -2.11. The zero-order chi connectivity index (χ0) is 14.5. The highest BCUT2D eigenvalue weighted by atomic mass is 79.9. The Bertz CT molecular complexity index is 729. The van der Waals surface area contributed by atoms with E-state index in [4.69, 9.17) is 15.3 Å². The topological polar surface area (TPSA) is 68.8 Å². The minimum atomic E-state index is 0.484. The summed E-state index contributed by atoms with van der Waals surface area (Å²) in [4.78, 5) is 0. The molecular formula is C15H10BrN3O. The number of nitrogens with one attached hydrogen (secondary N) is 1. The van der Waals surface area contributed by atoms with E-state index in [0.29, 0.717) is 28.3 Å². The van der Waals surface area contributed by atoms with Gasteiger partial charge < -0.3 is 10.1 Å². The lowest BCUT2D eigenvalue weighted by molar-refractivity contribution is 0.415. The van der Waals surface area contributed by atoms with Crippen LogP contribution in [0.5, 0.6) is 5.75 Å². The number of ether oxygens (including phenoxy) is 1. The van der Waals surface area contributed by atoms with Crippen LogP contribution < -0.4 is 10.1 Å². The van der Waals surface area contributed by atoms with Crippen LogP contribution in [0.3, 0.4) is 0 Å². The maximum atomic E-state index is 9.15. The molecule has 0 amide bonds. The maximum Gasteiger partial charge on any atom is 0.121 e. The van der Waals surface area contributed by atoms with Gasteiger partial charge in [-0.25, -0.2) is 0 Å². The molecule has 5 heteroatoms. The van der Waals surface area contributed by atoms with E-state index in [2.05, 4.69) is 33.4 Å². The van der Waals surface area contributed by atoms with E-state index < -0.39 is 0 Å². The fraction of sp³-hybridized carbons (Fsp3) is 0.0667. The molecule has 0 aliphatic heterocycles. The summed E-state index contributed by atoms with van der Waals surface area (Å²) in [7, 11) is 1.56. The SMILES string of the molecule is COc1ccc(C#N)c(Nc2ccc(Br)cc2C#N)c1. The average Bonchev–Trinajstić information content (AvgIpc) is 2.48. The number of hydrogen-bond donors (Lipinski definition) is 1. The molecule has 0 aliphatic carbocycles.